The number of aryl methyl sites for hydroxylation is 1. The van der Waals surface area contributed by atoms with Crippen LogP contribution in [-0.2, 0) is 16.0 Å². The van der Waals surface area contributed by atoms with E-state index in [2.05, 4.69) is 15.5 Å². The Hall–Kier alpha value is -3.10. The third-order valence-corrected chi connectivity index (χ3v) is 5.47. The molecule has 0 saturated carbocycles. The van der Waals surface area contributed by atoms with Gasteiger partial charge in [0.05, 0.1) is 13.7 Å². The Balaban J connectivity index is 1.24. The molecule has 1 spiro atoms. The molecule has 3 heterocycles. The van der Waals surface area contributed by atoms with E-state index in [-0.39, 0.29) is 12.0 Å². The van der Waals surface area contributed by atoms with Gasteiger partial charge in [0.15, 0.2) is 0 Å². The standard InChI is InChI=1S/C20H24N4O5/c1-27-15-5-2-4-14(12-15)18-22-16(29-23-18)6-3-7-17(25)24-10-8-20(9-11-24)13-21-19(26)28-20/h2,4-5,12H,3,6-11,13H2,1H3,(H,21,26). The van der Waals surface area contributed by atoms with E-state index in [1.807, 2.05) is 29.2 Å². The molecule has 2 aliphatic rings. The number of rotatable bonds is 6. The minimum atomic E-state index is -0.436. The number of piperidine rings is 1. The molecule has 154 valence electrons. The molecule has 0 unspecified atom stereocenters. The van der Waals surface area contributed by atoms with Crippen LogP contribution in [0, 0.1) is 0 Å². The third-order valence-electron chi connectivity index (χ3n) is 5.47. The van der Waals surface area contributed by atoms with Crippen molar-refractivity contribution >= 4 is 12.0 Å². The van der Waals surface area contributed by atoms with E-state index in [9.17, 15) is 9.59 Å². The van der Waals surface area contributed by atoms with E-state index in [0.29, 0.717) is 63.5 Å². The third kappa shape index (κ3) is 4.33. The molecule has 29 heavy (non-hydrogen) atoms. The Kier molecular flexibility index (Phi) is 5.37. The Bertz CT molecular complexity index is 889. The maximum Gasteiger partial charge on any atom is 0.407 e. The Morgan fingerprint density at radius 2 is 2.17 bits per heavy atom. The quantitative estimate of drug-likeness (QED) is 0.792. The zero-order valence-electron chi connectivity index (χ0n) is 16.3. The van der Waals surface area contributed by atoms with Crippen LogP contribution < -0.4 is 10.1 Å². The number of benzene rings is 1. The van der Waals surface area contributed by atoms with E-state index in [1.54, 1.807) is 7.11 Å². The van der Waals surface area contributed by atoms with Crippen molar-refractivity contribution in [2.45, 2.75) is 37.7 Å². The number of carbonyl (C=O) groups is 2. The maximum atomic E-state index is 12.5. The van der Waals surface area contributed by atoms with Gasteiger partial charge in [-0.1, -0.05) is 17.3 Å². The molecule has 0 aliphatic carbocycles. The first kappa shape index (κ1) is 19.2. The predicted octanol–water partition coefficient (Wildman–Crippen LogP) is 2.17. The lowest BCUT2D eigenvalue weighted by atomic mass is 9.91. The number of hydrogen-bond acceptors (Lipinski definition) is 7. The van der Waals surface area contributed by atoms with Crippen LogP contribution in [0.3, 0.4) is 0 Å². The summed E-state index contributed by atoms with van der Waals surface area (Å²) >= 11 is 0. The molecule has 9 nitrogen and oxygen atoms in total. The van der Waals surface area contributed by atoms with Crippen molar-refractivity contribution < 1.29 is 23.6 Å². The van der Waals surface area contributed by atoms with Gasteiger partial charge in [-0.3, -0.25) is 4.79 Å². The van der Waals surface area contributed by atoms with Crippen LogP contribution in [0.25, 0.3) is 11.4 Å². The minimum Gasteiger partial charge on any atom is -0.497 e. The van der Waals surface area contributed by atoms with E-state index in [1.165, 1.54) is 0 Å². The summed E-state index contributed by atoms with van der Waals surface area (Å²) in [5, 5.41) is 6.71. The number of carbonyl (C=O) groups excluding carboxylic acids is 2. The van der Waals surface area contributed by atoms with Crippen molar-refractivity contribution in [2.75, 3.05) is 26.7 Å². The van der Waals surface area contributed by atoms with Crippen LogP contribution in [-0.4, -0.2) is 59.4 Å². The number of methoxy groups -OCH3 is 1. The number of nitrogens with one attached hydrogen (secondary N) is 1. The van der Waals surface area contributed by atoms with Gasteiger partial charge in [-0.15, -0.1) is 0 Å². The molecule has 2 aromatic rings. The highest BCUT2D eigenvalue weighted by atomic mass is 16.6. The molecule has 0 radical (unpaired) electrons. The molecular weight excluding hydrogens is 376 g/mol. The van der Waals surface area contributed by atoms with Crippen molar-refractivity contribution in [1.82, 2.24) is 20.4 Å². The number of nitrogens with zero attached hydrogens (tertiary/aromatic N) is 3. The fourth-order valence-electron chi connectivity index (χ4n) is 3.73. The lowest BCUT2D eigenvalue weighted by Gasteiger charge is -2.37. The number of likely N-dealkylation sites (tertiary alicyclic amines) is 1. The van der Waals surface area contributed by atoms with Crippen LogP contribution in [0.15, 0.2) is 28.8 Å². The number of amides is 2. The van der Waals surface area contributed by atoms with Crippen molar-refractivity contribution in [1.29, 1.82) is 0 Å². The average molecular weight is 400 g/mol. The molecule has 1 aromatic carbocycles. The predicted molar refractivity (Wildman–Crippen MR) is 102 cm³/mol. The molecule has 1 aromatic heterocycles. The summed E-state index contributed by atoms with van der Waals surface area (Å²) < 4.78 is 15.9. The molecule has 1 N–H and O–H groups in total. The summed E-state index contributed by atoms with van der Waals surface area (Å²) in [5.41, 5.74) is 0.383. The highest BCUT2D eigenvalue weighted by molar-refractivity contribution is 5.76. The van der Waals surface area contributed by atoms with Crippen LogP contribution >= 0.6 is 0 Å². The molecule has 2 aliphatic heterocycles. The zero-order valence-corrected chi connectivity index (χ0v) is 16.3. The number of ether oxygens (including phenoxy) is 2. The van der Waals surface area contributed by atoms with Gasteiger partial charge in [0.25, 0.3) is 0 Å². The lowest BCUT2D eigenvalue weighted by Crippen LogP contribution is -2.48. The smallest absolute Gasteiger partial charge is 0.407 e. The second-order valence-corrected chi connectivity index (χ2v) is 7.40. The van der Waals surface area contributed by atoms with Gasteiger partial charge in [0.1, 0.15) is 11.4 Å². The van der Waals surface area contributed by atoms with E-state index >= 15 is 0 Å². The van der Waals surface area contributed by atoms with E-state index < -0.39 is 5.60 Å². The fourth-order valence-corrected chi connectivity index (χ4v) is 3.73. The first-order valence-electron chi connectivity index (χ1n) is 9.79. The molecule has 0 atom stereocenters. The molecule has 4 rings (SSSR count). The summed E-state index contributed by atoms with van der Waals surface area (Å²) in [7, 11) is 1.61. The summed E-state index contributed by atoms with van der Waals surface area (Å²) in [6.45, 7) is 1.74. The number of aromatic nitrogens is 2. The van der Waals surface area contributed by atoms with Crippen LogP contribution in [0.5, 0.6) is 5.75 Å². The summed E-state index contributed by atoms with van der Waals surface area (Å²) in [5.74, 6) is 1.85. The molecule has 2 amide bonds. The van der Waals surface area contributed by atoms with Gasteiger partial charge in [0.2, 0.25) is 17.6 Å². The van der Waals surface area contributed by atoms with Crippen molar-refractivity contribution in [3.63, 3.8) is 0 Å². The van der Waals surface area contributed by atoms with Crippen LogP contribution in [0.1, 0.15) is 31.6 Å². The summed E-state index contributed by atoms with van der Waals surface area (Å²) in [6, 6.07) is 7.46. The first-order valence-corrected chi connectivity index (χ1v) is 9.79. The number of hydrogen-bond donors (Lipinski definition) is 1. The van der Waals surface area contributed by atoms with Crippen LogP contribution in [0.4, 0.5) is 4.79 Å². The van der Waals surface area contributed by atoms with Crippen molar-refractivity contribution in [3.8, 4) is 17.1 Å². The van der Waals surface area contributed by atoms with Gasteiger partial charge in [-0.2, -0.15) is 4.98 Å². The number of alkyl carbamates (subject to hydrolysis) is 1. The van der Waals surface area contributed by atoms with E-state index in [4.69, 9.17) is 14.0 Å². The summed E-state index contributed by atoms with van der Waals surface area (Å²) in [4.78, 5) is 30.0. The topological polar surface area (TPSA) is 107 Å². The molecule has 9 heteroatoms. The Labute approximate surface area is 168 Å². The Morgan fingerprint density at radius 1 is 1.34 bits per heavy atom. The van der Waals surface area contributed by atoms with Gasteiger partial charge in [0, 0.05) is 44.3 Å². The van der Waals surface area contributed by atoms with Gasteiger partial charge in [-0.05, 0) is 18.6 Å². The highest BCUT2D eigenvalue weighted by Crippen LogP contribution is 2.29. The Morgan fingerprint density at radius 3 is 2.90 bits per heavy atom. The maximum absolute atomic E-state index is 12.5. The minimum absolute atomic E-state index is 0.102. The van der Waals surface area contributed by atoms with Gasteiger partial charge < -0.3 is 24.2 Å². The monoisotopic (exact) mass is 400 g/mol. The molecule has 2 fully saturated rings. The molecule has 0 bridgehead atoms. The van der Waals surface area contributed by atoms with Gasteiger partial charge in [-0.25, -0.2) is 4.79 Å². The molecular formula is C20H24N4O5. The fraction of sp³-hybridized carbons (Fsp3) is 0.500. The lowest BCUT2D eigenvalue weighted by molar-refractivity contribution is -0.134. The largest absolute Gasteiger partial charge is 0.497 e. The van der Waals surface area contributed by atoms with Gasteiger partial charge >= 0.3 is 6.09 Å². The van der Waals surface area contributed by atoms with E-state index in [0.717, 1.165) is 11.3 Å². The second-order valence-electron chi connectivity index (χ2n) is 7.40. The highest BCUT2D eigenvalue weighted by Gasteiger charge is 2.43. The zero-order chi connectivity index (χ0) is 20.3. The molecule has 2 saturated heterocycles. The summed E-state index contributed by atoms with van der Waals surface area (Å²) in [6.07, 6.45) is 2.58. The van der Waals surface area contributed by atoms with Crippen LogP contribution in [0.2, 0.25) is 0 Å². The normalized spacial score (nSPS) is 17.8. The second kappa shape index (κ2) is 8.10. The van der Waals surface area contributed by atoms with Crippen molar-refractivity contribution in [3.05, 3.63) is 30.2 Å². The van der Waals surface area contributed by atoms with Crippen molar-refractivity contribution in [2.24, 2.45) is 0 Å². The SMILES string of the molecule is COc1cccc(-c2noc(CCCC(=O)N3CCC4(CC3)CNC(=O)O4)n2)c1. The first-order chi connectivity index (χ1) is 14.1. The average Bonchev–Trinajstić information content (AvgIpc) is 3.35.